The minimum atomic E-state index is -1.72. The predicted octanol–water partition coefficient (Wildman–Crippen LogP) is -0.115. The molecular weight excluding hydrogens is 1190 g/mol. The van der Waals surface area contributed by atoms with Gasteiger partial charge in [-0.05, 0) is 104 Å². The lowest BCUT2D eigenvalue weighted by molar-refractivity contribution is -0.137. The molecule has 1 fully saturated rings. The Morgan fingerprint density at radius 2 is 1.02 bits per heavy atom. The van der Waals surface area contributed by atoms with Crippen LogP contribution in [0.5, 0.6) is 5.75 Å². The fraction of sp³-hybridized carbons (Fsp3) is 0.373. The average Bonchev–Trinajstić information content (AvgIpc) is 1.81. The number of hydrogen-bond donors (Lipinski definition) is 17. The molecule has 494 valence electrons. The number of unbranched alkanes of at least 4 members (excludes halogenated alkanes) is 1. The summed E-state index contributed by atoms with van der Waals surface area (Å²) < 4.78 is 0. The Morgan fingerprint density at radius 1 is 0.559 bits per heavy atom. The van der Waals surface area contributed by atoms with Gasteiger partial charge in [-0.15, -0.1) is 0 Å². The largest absolute Gasteiger partial charge is 0.508 e. The number of para-hydroxylation sites is 1. The van der Waals surface area contributed by atoms with E-state index >= 15 is 14.4 Å². The number of phenolic OH excluding ortho intramolecular Hbond substituents is 1. The zero-order chi connectivity index (χ0) is 66.8. The molecule has 6 aromatic rings. The number of fused-ring (bicyclic) bond motifs is 1. The van der Waals surface area contributed by atoms with E-state index < -0.39 is 114 Å². The lowest BCUT2D eigenvalue weighted by Crippen LogP contribution is -2.62. The molecule has 9 amide bonds. The Morgan fingerprint density at radius 3 is 1.56 bits per heavy atom. The van der Waals surface area contributed by atoms with Crippen LogP contribution in [-0.4, -0.2) is 154 Å². The summed E-state index contributed by atoms with van der Waals surface area (Å²) >= 11 is 0. The van der Waals surface area contributed by atoms with Crippen LogP contribution >= 0.6 is 0 Å². The van der Waals surface area contributed by atoms with Crippen molar-refractivity contribution in [1.29, 1.82) is 5.41 Å². The molecule has 5 aromatic carbocycles. The second-order valence-electron chi connectivity index (χ2n) is 23.1. The van der Waals surface area contributed by atoms with Crippen LogP contribution in [0.3, 0.4) is 0 Å². The average molecular weight is 1280 g/mol. The number of phenols is 1. The van der Waals surface area contributed by atoms with E-state index in [0.29, 0.717) is 40.7 Å². The Balaban J connectivity index is 1.31. The number of rotatable bonds is 21. The molecule has 2 heterocycles. The molecule has 10 atom stereocenters. The van der Waals surface area contributed by atoms with E-state index in [4.69, 9.17) is 22.6 Å². The SMILES string of the molecule is C[C@@H](O)[C@@H]1NC(=O)[C@H](CCCCN)NC(=O)[C@@H](Cc2c[nH]c3ccccc23)NC(=O)[C@H](Cc2ccccc2)NC(=O)[C@H](Cc2ccccc2)NC(=O)[C@H](CCCNC(=N)N)NC(=O)[C@H](NC(=O)[C@@H](N)Cc2ccc(O)cc2)CCNC(=O)[C@H](Cc2ccccc2)NC1=O. The topological polar surface area (TPSA) is 432 Å². The number of hydrogen-bond acceptors (Lipinski definition) is 14. The van der Waals surface area contributed by atoms with Crippen LogP contribution in [0.1, 0.15) is 73.3 Å². The van der Waals surface area contributed by atoms with E-state index in [-0.39, 0.29) is 89.1 Å². The molecule has 0 aliphatic carbocycles. The fourth-order valence-electron chi connectivity index (χ4n) is 10.7. The summed E-state index contributed by atoms with van der Waals surface area (Å²) in [5.41, 5.74) is 21.6. The molecular formula is C67H85N15O11. The van der Waals surface area contributed by atoms with Crippen LogP contribution in [0.15, 0.2) is 146 Å². The highest BCUT2D eigenvalue weighted by Gasteiger charge is 2.37. The van der Waals surface area contributed by atoms with Crippen LogP contribution in [0.2, 0.25) is 0 Å². The Bertz CT molecular complexity index is 3480. The normalized spacial score (nSPS) is 21.6. The Labute approximate surface area is 539 Å². The molecule has 1 aliphatic heterocycles. The van der Waals surface area contributed by atoms with Crippen molar-refractivity contribution in [2.24, 2.45) is 17.2 Å². The van der Waals surface area contributed by atoms with Gasteiger partial charge in [0, 0.05) is 55.9 Å². The third kappa shape index (κ3) is 22.0. The highest BCUT2D eigenvalue weighted by molar-refractivity contribution is 5.99. The van der Waals surface area contributed by atoms with Gasteiger partial charge in [0.1, 0.15) is 54.1 Å². The van der Waals surface area contributed by atoms with E-state index in [1.54, 1.807) is 115 Å². The number of carbonyl (C=O) groups is 9. The quantitative estimate of drug-likeness (QED) is 0.0254. The zero-order valence-corrected chi connectivity index (χ0v) is 51.8. The first-order valence-corrected chi connectivity index (χ1v) is 31.1. The number of benzene rings is 5. The summed E-state index contributed by atoms with van der Waals surface area (Å²) in [6.07, 6.45) is -0.0880. The highest BCUT2D eigenvalue weighted by Crippen LogP contribution is 2.21. The molecule has 1 aromatic heterocycles. The number of nitrogens with two attached hydrogens (primary N) is 3. The van der Waals surface area contributed by atoms with Crippen molar-refractivity contribution in [2.45, 2.75) is 138 Å². The van der Waals surface area contributed by atoms with E-state index in [9.17, 15) is 39.0 Å². The summed E-state index contributed by atoms with van der Waals surface area (Å²) in [5, 5.41) is 57.0. The number of carbonyl (C=O) groups excluding carboxylic acids is 9. The summed E-state index contributed by atoms with van der Waals surface area (Å²) in [6, 6.07) is 26.2. The molecule has 1 aliphatic rings. The standard InChI is InChI=1S/C67H85N15O11/c1-40(83)57-66(93)81-53(35-41-16-5-2-6-17-41)59(86)72-33-30-52(75-58(85)48(69)34-44-26-28-46(84)29-27-44)61(88)76-51(25-15-32-73-67(70)71)60(87)78-54(36-42-18-7-3-8-19-42)63(90)79-55(37-43-20-9-4-10-21-43)64(91)80-56(38-45-39-74-49-23-12-11-22-47(45)49)65(92)77-50(62(89)82-57)24-13-14-31-68/h2-12,16-23,26-29,39-40,48,50-57,74,83-84H,13-15,24-25,30-38,68-69H2,1H3,(H,72,86)(H,75,85)(H,76,88)(H,77,92)(H,78,87)(H,79,90)(H,80,91)(H,81,93)(H,82,89)(H4,70,71,73)/t40-,48+,50+,51+,52-,53+,54+,55+,56-,57+/m1/s1. The number of aromatic hydroxyl groups is 1. The van der Waals surface area contributed by atoms with Gasteiger partial charge in [0.05, 0.1) is 12.1 Å². The number of aromatic amines is 1. The summed E-state index contributed by atoms with van der Waals surface area (Å²) in [7, 11) is 0. The smallest absolute Gasteiger partial charge is 0.245 e. The van der Waals surface area contributed by atoms with Crippen LogP contribution in [0.25, 0.3) is 10.9 Å². The Kier molecular flexibility index (Phi) is 26.8. The van der Waals surface area contributed by atoms with Gasteiger partial charge >= 0.3 is 0 Å². The van der Waals surface area contributed by atoms with Crippen molar-refractivity contribution in [2.75, 3.05) is 19.6 Å². The van der Waals surface area contributed by atoms with Gasteiger partial charge in [-0.3, -0.25) is 48.6 Å². The van der Waals surface area contributed by atoms with E-state index in [2.05, 4.69) is 58.2 Å². The van der Waals surface area contributed by atoms with Crippen LogP contribution in [0, 0.1) is 5.41 Å². The van der Waals surface area contributed by atoms with Gasteiger partial charge in [-0.25, -0.2) is 0 Å². The van der Waals surface area contributed by atoms with Gasteiger partial charge in [0.25, 0.3) is 0 Å². The number of aromatic nitrogens is 1. The maximum Gasteiger partial charge on any atom is 0.245 e. The summed E-state index contributed by atoms with van der Waals surface area (Å²) in [6.45, 7) is 1.21. The lowest BCUT2D eigenvalue weighted by atomic mass is 10.00. The highest BCUT2D eigenvalue weighted by atomic mass is 16.3. The maximum absolute atomic E-state index is 15.2. The van der Waals surface area contributed by atoms with Crippen molar-refractivity contribution in [3.8, 4) is 5.75 Å². The van der Waals surface area contributed by atoms with Crippen molar-refractivity contribution >= 4 is 70.0 Å². The zero-order valence-electron chi connectivity index (χ0n) is 51.8. The molecule has 0 saturated carbocycles. The van der Waals surface area contributed by atoms with Gasteiger partial charge in [-0.2, -0.15) is 0 Å². The maximum atomic E-state index is 15.2. The molecule has 0 unspecified atom stereocenters. The molecule has 93 heavy (non-hydrogen) atoms. The molecule has 0 radical (unpaired) electrons. The summed E-state index contributed by atoms with van der Waals surface area (Å²) in [4.78, 5) is 136. The van der Waals surface area contributed by atoms with Crippen LogP contribution < -0.4 is 70.4 Å². The molecule has 0 bridgehead atoms. The lowest BCUT2D eigenvalue weighted by Gasteiger charge is -2.29. The third-order valence-corrected chi connectivity index (χ3v) is 15.8. The minimum Gasteiger partial charge on any atom is -0.508 e. The third-order valence-electron chi connectivity index (χ3n) is 15.8. The number of guanidine groups is 1. The van der Waals surface area contributed by atoms with E-state index in [1.807, 2.05) is 18.2 Å². The molecule has 7 rings (SSSR count). The minimum absolute atomic E-state index is 0.0170. The van der Waals surface area contributed by atoms with Crippen molar-refractivity contribution in [1.82, 2.24) is 58.2 Å². The number of aliphatic hydroxyl groups excluding tert-OH is 1. The van der Waals surface area contributed by atoms with Crippen molar-refractivity contribution < 1.29 is 53.4 Å². The first-order valence-electron chi connectivity index (χ1n) is 31.1. The number of aliphatic hydroxyl groups is 1. The van der Waals surface area contributed by atoms with E-state index in [1.165, 1.54) is 19.1 Å². The van der Waals surface area contributed by atoms with Crippen molar-refractivity contribution in [3.63, 3.8) is 0 Å². The van der Waals surface area contributed by atoms with Gasteiger partial charge in [0.15, 0.2) is 5.96 Å². The van der Waals surface area contributed by atoms with Gasteiger partial charge in [-0.1, -0.05) is 121 Å². The van der Waals surface area contributed by atoms with Gasteiger partial charge in [0.2, 0.25) is 53.2 Å². The molecule has 26 heteroatoms. The Hall–Kier alpha value is -10.2. The monoisotopic (exact) mass is 1280 g/mol. The van der Waals surface area contributed by atoms with Gasteiger partial charge < -0.3 is 85.6 Å². The second kappa shape index (κ2) is 35.4. The first kappa shape index (κ1) is 70.3. The van der Waals surface area contributed by atoms with Crippen LogP contribution in [-0.2, 0) is 75.3 Å². The molecule has 1 saturated heterocycles. The summed E-state index contributed by atoms with van der Waals surface area (Å²) in [5.74, 6) is -8.14. The molecule has 26 nitrogen and oxygen atoms in total. The number of amides is 9. The van der Waals surface area contributed by atoms with Crippen molar-refractivity contribution in [3.05, 3.63) is 174 Å². The van der Waals surface area contributed by atoms with Crippen LogP contribution in [0.4, 0.5) is 0 Å². The predicted molar refractivity (Wildman–Crippen MR) is 349 cm³/mol. The molecule has 20 N–H and O–H groups in total. The fourth-order valence-corrected chi connectivity index (χ4v) is 10.7. The molecule has 0 spiro atoms. The number of nitrogens with one attached hydrogen (secondary N) is 12. The first-order chi connectivity index (χ1) is 44.7. The second-order valence-corrected chi connectivity index (χ2v) is 23.1. The van der Waals surface area contributed by atoms with E-state index in [0.717, 1.165) is 10.9 Å². The number of H-pyrrole nitrogens is 1.